The summed E-state index contributed by atoms with van der Waals surface area (Å²) >= 11 is 0. The maximum Gasteiger partial charge on any atom is 0.252 e. The first kappa shape index (κ1) is 53.2. The Hall–Kier alpha value is -5.80. The van der Waals surface area contributed by atoms with Crippen LogP contribution in [-0.4, -0.2) is 6.71 Å². The number of hydrogen-bond donors (Lipinski definition) is 0. The van der Waals surface area contributed by atoms with Crippen molar-refractivity contribution in [1.29, 1.82) is 0 Å². The fourth-order valence-corrected chi connectivity index (χ4v) is 13.6. The van der Waals surface area contributed by atoms with Gasteiger partial charge < -0.3 is 9.80 Å². The lowest BCUT2D eigenvalue weighted by Crippen LogP contribution is -2.62. The van der Waals surface area contributed by atoms with Gasteiger partial charge in [-0.25, -0.2) is 0 Å². The van der Waals surface area contributed by atoms with Crippen molar-refractivity contribution in [3.8, 4) is 22.3 Å². The summed E-state index contributed by atoms with van der Waals surface area (Å²) in [6.45, 7) is 48.2. The van der Waals surface area contributed by atoms with Crippen LogP contribution in [0.1, 0.15) is 209 Å². The summed E-state index contributed by atoms with van der Waals surface area (Å²) in [5.74, 6) is 0. The highest BCUT2D eigenvalue weighted by Crippen LogP contribution is 2.54. The lowest BCUT2D eigenvalue weighted by Gasteiger charge is -2.48. The van der Waals surface area contributed by atoms with Crippen LogP contribution >= 0.6 is 0 Å². The maximum absolute atomic E-state index is 2.74. The van der Waals surface area contributed by atoms with E-state index in [4.69, 9.17) is 0 Å². The van der Waals surface area contributed by atoms with Gasteiger partial charge in [0.2, 0.25) is 0 Å². The van der Waals surface area contributed by atoms with Crippen LogP contribution in [0.4, 0.5) is 34.1 Å². The number of nitrogens with zero attached hydrogens (tertiary/aromatic N) is 2. The van der Waals surface area contributed by atoms with E-state index in [0.29, 0.717) is 0 Å². The van der Waals surface area contributed by atoms with Gasteiger partial charge in [-0.1, -0.05) is 217 Å². The summed E-state index contributed by atoms with van der Waals surface area (Å²) in [6.07, 6.45) is 4.71. The lowest BCUT2D eigenvalue weighted by atomic mass is 9.33. The van der Waals surface area contributed by atoms with Crippen LogP contribution < -0.4 is 26.2 Å². The van der Waals surface area contributed by atoms with Crippen LogP contribution in [-0.2, 0) is 43.3 Å². The van der Waals surface area contributed by atoms with Gasteiger partial charge in [0.15, 0.2) is 0 Å². The van der Waals surface area contributed by atoms with Crippen molar-refractivity contribution >= 4 is 57.2 Å². The molecular weight excluding hydrogens is 928 g/mol. The van der Waals surface area contributed by atoms with Crippen molar-refractivity contribution in [2.45, 2.75) is 207 Å². The van der Waals surface area contributed by atoms with Gasteiger partial charge in [-0.2, -0.15) is 0 Å². The van der Waals surface area contributed by atoms with E-state index in [1.54, 1.807) is 0 Å². The molecule has 0 saturated heterocycles. The Morgan fingerprint density at radius 3 is 1.29 bits per heavy atom. The average molecular weight is 1020 g/mol. The highest BCUT2D eigenvalue weighted by Gasteiger charge is 2.48. The zero-order chi connectivity index (χ0) is 55.5. The lowest BCUT2D eigenvalue weighted by molar-refractivity contribution is 0.332. The zero-order valence-electron chi connectivity index (χ0n) is 50.9. The van der Waals surface area contributed by atoms with E-state index in [-0.39, 0.29) is 50.0 Å². The van der Waals surface area contributed by atoms with E-state index in [1.165, 1.54) is 143 Å². The van der Waals surface area contributed by atoms with Crippen LogP contribution in [0.3, 0.4) is 0 Å². The van der Waals surface area contributed by atoms with E-state index in [9.17, 15) is 0 Å². The van der Waals surface area contributed by atoms with Crippen molar-refractivity contribution < 1.29 is 0 Å². The molecule has 7 aromatic rings. The van der Waals surface area contributed by atoms with Crippen LogP contribution in [0, 0.1) is 0 Å². The first-order valence-corrected chi connectivity index (χ1v) is 29.3. The Balaban J connectivity index is 1.23. The third-order valence-electron chi connectivity index (χ3n) is 19.3. The Labute approximate surface area is 466 Å². The van der Waals surface area contributed by atoms with Gasteiger partial charge in [-0.05, 0) is 195 Å². The molecule has 0 fully saturated rings. The summed E-state index contributed by atoms with van der Waals surface area (Å²) in [7, 11) is 0. The third kappa shape index (κ3) is 8.93. The average Bonchev–Trinajstić information content (AvgIpc) is 3.35. The normalized spacial score (nSPS) is 18.0. The van der Waals surface area contributed by atoms with Crippen LogP contribution in [0.25, 0.3) is 22.3 Å². The summed E-state index contributed by atoms with van der Waals surface area (Å²) in [4.78, 5) is 5.45. The molecule has 0 N–H and O–H groups in total. The third-order valence-corrected chi connectivity index (χ3v) is 19.3. The number of rotatable bonds is 4. The van der Waals surface area contributed by atoms with Crippen LogP contribution in [0.5, 0.6) is 0 Å². The van der Waals surface area contributed by atoms with Crippen LogP contribution in [0.2, 0.25) is 0 Å². The second kappa shape index (κ2) is 17.4. The van der Waals surface area contributed by atoms with Gasteiger partial charge in [0, 0.05) is 34.0 Å². The molecule has 0 saturated carbocycles. The molecule has 2 aliphatic heterocycles. The molecule has 4 aliphatic rings. The van der Waals surface area contributed by atoms with E-state index in [1.807, 2.05) is 0 Å². The fraction of sp³-hybridized carbons (Fsp3) is 0.432. The van der Waals surface area contributed by atoms with Crippen LogP contribution in [0.15, 0.2) is 127 Å². The molecule has 77 heavy (non-hydrogen) atoms. The van der Waals surface area contributed by atoms with Gasteiger partial charge in [0.25, 0.3) is 6.71 Å². The number of hydrogen-bond acceptors (Lipinski definition) is 2. The Morgan fingerprint density at radius 2 is 0.740 bits per heavy atom. The highest BCUT2D eigenvalue weighted by molar-refractivity contribution is 7.00. The standard InChI is InChI=1S/C74H89BN2/c1-67(2,3)49-27-25-47(26-28-49)46-21-23-48(24-22-46)54-39-50(68(4,5)6)30-34-61(54)77-62-40-51(69(7,8)9)29-33-59(62)75-60-44-57-58(74(19,20)38-37-73(57,17)18)45-63(60)76(64-41-52(70(10,11)12)42-65(77)66(64)75)53-31-32-55-56(43-53)72(15,16)36-35-71(55,13)14/h21-34,39-45H,35-38H2,1-20H3. The van der Waals surface area contributed by atoms with E-state index < -0.39 is 0 Å². The largest absolute Gasteiger partial charge is 0.311 e. The molecule has 0 amide bonds. The monoisotopic (exact) mass is 1020 g/mol. The first-order valence-electron chi connectivity index (χ1n) is 29.3. The molecule has 2 nitrogen and oxygen atoms in total. The number of fused-ring (bicyclic) bond motifs is 6. The van der Waals surface area contributed by atoms with E-state index >= 15 is 0 Å². The molecule has 7 aromatic carbocycles. The summed E-state index contributed by atoms with van der Waals surface area (Å²) < 4.78 is 0. The minimum Gasteiger partial charge on any atom is -0.311 e. The summed E-state index contributed by atoms with van der Waals surface area (Å²) in [5, 5.41) is 0. The minimum atomic E-state index is -0.143. The SMILES string of the molecule is CC(C)(C)c1ccc(-c2ccc(-c3cc(C(C)(C)C)ccc3N3c4cc(C(C)(C)C)ccc4B4c5cc6c(cc5N(c5ccc7c(c5)C(C)(C)CCC7(C)C)c5cc(C(C)(C)C)cc3c54)C(C)(C)CCC6(C)C)cc2)cc1. The summed E-state index contributed by atoms with van der Waals surface area (Å²) in [6, 6.07) is 51.7. The molecule has 0 unspecified atom stereocenters. The number of benzene rings is 7. The Morgan fingerprint density at radius 1 is 0.325 bits per heavy atom. The molecule has 398 valence electrons. The fourth-order valence-electron chi connectivity index (χ4n) is 13.6. The molecular formula is C74H89BN2. The highest BCUT2D eigenvalue weighted by atomic mass is 15.2. The second-order valence-electron chi connectivity index (χ2n) is 30.9. The Bertz CT molecular complexity index is 3500. The van der Waals surface area contributed by atoms with Crippen molar-refractivity contribution in [2.75, 3.05) is 9.80 Å². The van der Waals surface area contributed by atoms with Gasteiger partial charge in [-0.3, -0.25) is 0 Å². The molecule has 2 aliphatic carbocycles. The molecule has 0 spiro atoms. The predicted octanol–water partition coefficient (Wildman–Crippen LogP) is 19.0. The van der Waals surface area contributed by atoms with Crippen molar-refractivity contribution in [3.05, 3.63) is 172 Å². The quantitative estimate of drug-likeness (QED) is 0.162. The molecule has 0 atom stereocenters. The topological polar surface area (TPSA) is 6.48 Å². The summed E-state index contributed by atoms with van der Waals surface area (Å²) in [5.41, 5.74) is 28.3. The minimum absolute atomic E-state index is 0.0148. The molecule has 0 aromatic heterocycles. The zero-order valence-corrected chi connectivity index (χ0v) is 50.9. The van der Waals surface area contributed by atoms with Gasteiger partial charge in [0.1, 0.15) is 0 Å². The van der Waals surface area contributed by atoms with Crippen molar-refractivity contribution in [2.24, 2.45) is 0 Å². The van der Waals surface area contributed by atoms with Gasteiger partial charge in [0.05, 0.1) is 5.69 Å². The van der Waals surface area contributed by atoms with E-state index in [0.717, 1.165) is 0 Å². The first-order chi connectivity index (χ1) is 35.7. The Kier molecular flexibility index (Phi) is 12.0. The number of anilines is 6. The molecule has 11 rings (SSSR count). The molecule has 0 radical (unpaired) electrons. The maximum atomic E-state index is 2.74. The molecule has 2 heterocycles. The predicted molar refractivity (Wildman–Crippen MR) is 337 cm³/mol. The molecule has 3 heteroatoms. The molecule has 0 bridgehead atoms. The van der Waals surface area contributed by atoms with E-state index in [2.05, 4.69) is 276 Å². The second-order valence-corrected chi connectivity index (χ2v) is 30.9. The van der Waals surface area contributed by atoms with Gasteiger partial charge >= 0.3 is 0 Å². The van der Waals surface area contributed by atoms with Crippen molar-refractivity contribution in [1.82, 2.24) is 0 Å². The van der Waals surface area contributed by atoms with Gasteiger partial charge in [-0.15, -0.1) is 0 Å². The van der Waals surface area contributed by atoms with Crippen molar-refractivity contribution in [3.63, 3.8) is 0 Å². The smallest absolute Gasteiger partial charge is 0.252 e.